The van der Waals surface area contributed by atoms with Crippen LogP contribution in [0.5, 0.6) is 0 Å². The van der Waals surface area contributed by atoms with Gasteiger partial charge >= 0.3 is 5.97 Å². The molecule has 2 aromatic carbocycles. The van der Waals surface area contributed by atoms with Crippen LogP contribution in [0.15, 0.2) is 60.7 Å². The number of amides is 1. The lowest BCUT2D eigenvalue weighted by Gasteiger charge is -2.44. The molecular weight excluding hydrogens is 326 g/mol. The van der Waals surface area contributed by atoms with Gasteiger partial charge < -0.3 is 9.64 Å². The molecule has 136 valence electrons. The summed E-state index contributed by atoms with van der Waals surface area (Å²) in [5.41, 5.74) is 0.764. The molecular formula is C22H25NO3. The van der Waals surface area contributed by atoms with Gasteiger partial charge in [-0.05, 0) is 37.1 Å². The molecule has 0 N–H and O–H groups in total. The number of carbonyl (C=O) groups excluding carboxylic acids is 2. The van der Waals surface area contributed by atoms with Crippen molar-refractivity contribution in [2.75, 3.05) is 13.7 Å². The third-order valence-corrected chi connectivity index (χ3v) is 5.30. The van der Waals surface area contributed by atoms with E-state index in [-0.39, 0.29) is 18.5 Å². The number of benzene rings is 2. The molecule has 26 heavy (non-hydrogen) atoms. The molecule has 1 saturated carbocycles. The Bertz CT molecular complexity index is 736. The summed E-state index contributed by atoms with van der Waals surface area (Å²) in [6, 6.07) is 18.3. The van der Waals surface area contributed by atoms with Gasteiger partial charge in [0.2, 0.25) is 0 Å². The van der Waals surface area contributed by atoms with Gasteiger partial charge in [-0.3, -0.25) is 4.79 Å². The smallest absolute Gasteiger partial charge is 0.338 e. The van der Waals surface area contributed by atoms with Crippen molar-refractivity contribution in [2.45, 2.75) is 37.6 Å². The average molecular weight is 351 g/mol. The quantitative estimate of drug-likeness (QED) is 0.754. The minimum absolute atomic E-state index is 0.0248. The van der Waals surface area contributed by atoms with Gasteiger partial charge in [-0.15, -0.1) is 0 Å². The van der Waals surface area contributed by atoms with E-state index in [4.69, 9.17) is 4.74 Å². The van der Waals surface area contributed by atoms with E-state index in [0.717, 1.165) is 32.1 Å². The first-order valence-corrected chi connectivity index (χ1v) is 9.18. The number of likely N-dealkylation sites (N-methyl/N-ethyl adjacent to an activating group) is 1. The lowest BCUT2D eigenvalue weighted by Crippen LogP contribution is -2.54. The molecule has 4 nitrogen and oxygen atoms in total. The van der Waals surface area contributed by atoms with Gasteiger partial charge in [0.1, 0.15) is 6.61 Å². The highest BCUT2D eigenvalue weighted by molar-refractivity contribution is 5.94. The molecule has 1 fully saturated rings. The largest absolute Gasteiger partial charge is 0.460 e. The Kier molecular flexibility index (Phi) is 5.71. The van der Waals surface area contributed by atoms with Gasteiger partial charge in [0, 0.05) is 12.6 Å². The fourth-order valence-electron chi connectivity index (χ4n) is 3.63. The minimum Gasteiger partial charge on any atom is -0.460 e. The summed E-state index contributed by atoms with van der Waals surface area (Å²) in [6.07, 6.45) is 4.93. The van der Waals surface area contributed by atoms with Crippen LogP contribution in [-0.4, -0.2) is 36.0 Å². The van der Waals surface area contributed by atoms with Crippen molar-refractivity contribution < 1.29 is 14.3 Å². The zero-order valence-electron chi connectivity index (χ0n) is 15.2. The first kappa shape index (κ1) is 18.2. The lowest BCUT2D eigenvalue weighted by atomic mass is 9.80. The molecule has 0 bridgehead atoms. The topological polar surface area (TPSA) is 46.6 Å². The van der Waals surface area contributed by atoms with E-state index in [1.165, 1.54) is 0 Å². The standard InChI is InChI=1S/C22H25NO3/c1-23(20(24)18-11-5-2-6-12-18)22(15-9-4-10-16-22)17-26-21(25)19-13-7-3-8-14-19/h2-3,5-8,11-14H,4,9-10,15-17H2,1H3. The van der Waals surface area contributed by atoms with Crippen molar-refractivity contribution in [2.24, 2.45) is 0 Å². The Morgan fingerprint density at radius 2 is 1.42 bits per heavy atom. The van der Waals surface area contributed by atoms with Crippen LogP contribution in [0.2, 0.25) is 0 Å². The van der Waals surface area contributed by atoms with Crippen molar-refractivity contribution in [1.82, 2.24) is 4.90 Å². The summed E-state index contributed by atoms with van der Waals surface area (Å²) in [5.74, 6) is -0.362. The van der Waals surface area contributed by atoms with E-state index < -0.39 is 5.54 Å². The van der Waals surface area contributed by atoms with E-state index in [1.54, 1.807) is 17.0 Å². The lowest BCUT2D eigenvalue weighted by molar-refractivity contribution is -0.00436. The zero-order chi connectivity index (χ0) is 18.4. The normalized spacial score (nSPS) is 15.9. The molecule has 0 heterocycles. The van der Waals surface area contributed by atoms with Gasteiger partial charge in [0.05, 0.1) is 11.1 Å². The average Bonchev–Trinajstić information content (AvgIpc) is 2.73. The number of carbonyl (C=O) groups is 2. The van der Waals surface area contributed by atoms with E-state index in [9.17, 15) is 9.59 Å². The Hall–Kier alpha value is -2.62. The van der Waals surface area contributed by atoms with Gasteiger partial charge in [-0.25, -0.2) is 4.79 Å². The molecule has 1 amide bonds. The second kappa shape index (κ2) is 8.17. The summed E-state index contributed by atoms with van der Waals surface area (Å²) >= 11 is 0. The van der Waals surface area contributed by atoms with Gasteiger partial charge in [0.15, 0.2) is 0 Å². The highest BCUT2D eigenvalue weighted by atomic mass is 16.5. The second-order valence-corrected chi connectivity index (χ2v) is 6.96. The van der Waals surface area contributed by atoms with Crippen LogP contribution in [0, 0.1) is 0 Å². The number of ether oxygens (including phenoxy) is 1. The Balaban J connectivity index is 1.76. The van der Waals surface area contributed by atoms with Crippen LogP contribution in [0.1, 0.15) is 52.8 Å². The number of esters is 1. The Morgan fingerprint density at radius 1 is 0.885 bits per heavy atom. The number of rotatable bonds is 5. The molecule has 0 spiro atoms. The second-order valence-electron chi connectivity index (χ2n) is 6.96. The van der Waals surface area contributed by atoms with Crippen LogP contribution in [0.4, 0.5) is 0 Å². The van der Waals surface area contributed by atoms with Crippen molar-refractivity contribution in [3.63, 3.8) is 0 Å². The van der Waals surface area contributed by atoms with Crippen molar-refractivity contribution in [3.05, 3.63) is 71.8 Å². The maximum atomic E-state index is 12.9. The molecule has 2 aromatic rings. The maximum absolute atomic E-state index is 12.9. The zero-order valence-corrected chi connectivity index (χ0v) is 15.2. The predicted molar refractivity (Wildman–Crippen MR) is 101 cm³/mol. The van der Waals surface area contributed by atoms with E-state index in [2.05, 4.69) is 0 Å². The fourth-order valence-corrected chi connectivity index (χ4v) is 3.63. The molecule has 1 aliphatic carbocycles. The number of hydrogen-bond acceptors (Lipinski definition) is 3. The van der Waals surface area contributed by atoms with Gasteiger partial charge in [0.25, 0.3) is 5.91 Å². The maximum Gasteiger partial charge on any atom is 0.338 e. The predicted octanol–water partition coefficient (Wildman–Crippen LogP) is 4.32. The molecule has 0 unspecified atom stereocenters. The monoisotopic (exact) mass is 351 g/mol. The Labute approximate surface area is 154 Å². The van der Waals surface area contributed by atoms with Gasteiger partial charge in [-0.1, -0.05) is 55.7 Å². The van der Waals surface area contributed by atoms with Crippen LogP contribution in [-0.2, 0) is 4.74 Å². The molecule has 3 rings (SSSR count). The fraction of sp³-hybridized carbons (Fsp3) is 0.364. The van der Waals surface area contributed by atoms with Crippen LogP contribution in [0.3, 0.4) is 0 Å². The molecule has 1 aliphatic rings. The number of hydrogen-bond donors (Lipinski definition) is 0. The summed E-state index contributed by atoms with van der Waals surface area (Å²) in [7, 11) is 1.83. The highest BCUT2D eigenvalue weighted by Gasteiger charge is 2.40. The van der Waals surface area contributed by atoms with Gasteiger partial charge in [-0.2, -0.15) is 0 Å². The highest BCUT2D eigenvalue weighted by Crippen LogP contribution is 2.34. The molecule has 0 aromatic heterocycles. The molecule has 0 atom stereocenters. The van der Waals surface area contributed by atoms with Crippen LogP contribution in [0.25, 0.3) is 0 Å². The van der Waals surface area contributed by atoms with E-state index in [0.29, 0.717) is 11.1 Å². The number of nitrogens with zero attached hydrogens (tertiary/aromatic N) is 1. The SMILES string of the molecule is CN(C(=O)c1ccccc1)C1(COC(=O)c2ccccc2)CCCCC1. The van der Waals surface area contributed by atoms with Crippen molar-refractivity contribution in [1.29, 1.82) is 0 Å². The first-order chi connectivity index (χ1) is 12.6. The summed E-state index contributed by atoms with van der Waals surface area (Å²) < 4.78 is 5.65. The van der Waals surface area contributed by atoms with Crippen LogP contribution < -0.4 is 0 Å². The summed E-state index contributed by atoms with van der Waals surface area (Å²) in [6.45, 7) is 0.232. The molecule has 0 radical (unpaired) electrons. The Morgan fingerprint density at radius 3 is 2.00 bits per heavy atom. The van der Waals surface area contributed by atoms with Crippen LogP contribution >= 0.6 is 0 Å². The first-order valence-electron chi connectivity index (χ1n) is 9.18. The summed E-state index contributed by atoms with van der Waals surface area (Å²) in [5, 5.41) is 0. The summed E-state index contributed by atoms with van der Waals surface area (Å²) in [4.78, 5) is 27.1. The van der Waals surface area contributed by atoms with Crippen molar-refractivity contribution >= 4 is 11.9 Å². The third-order valence-electron chi connectivity index (χ3n) is 5.30. The molecule has 4 heteroatoms. The van der Waals surface area contributed by atoms with E-state index in [1.807, 2.05) is 55.6 Å². The van der Waals surface area contributed by atoms with E-state index >= 15 is 0 Å². The molecule has 0 aliphatic heterocycles. The molecule has 0 saturated heterocycles. The van der Waals surface area contributed by atoms with Crippen molar-refractivity contribution in [3.8, 4) is 0 Å². The third kappa shape index (κ3) is 3.96. The minimum atomic E-state index is -0.435.